The molecule has 0 saturated heterocycles. The van der Waals surface area contributed by atoms with Crippen molar-refractivity contribution in [2.75, 3.05) is 0 Å². The summed E-state index contributed by atoms with van der Waals surface area (Å²) >= 11 is 5.36. The maximum atomic E-state index is 5.36. The van der Waals surface area contributed by atoms with Crippen LogP contribution >= 0.6 is 0 Å². The van der Waals surface area contributed by atoms with Crippen LogP contribution in [-0.4, -0.2) is 7.38 Å². The molecule has 0 aromatic rings. The Balaban J connectivity index is 4.02. The van der Waals surface area contributed by atoms with Crippen LogP contribution in [0.5, 0.6) is 0 Å². The average molecular weight is 152 g/mol. The van der Waals surface area contributed by atoms with E-state index in [4.69, 9.17) is 11.1 Å². The fourth-order valence-electron chi connectivity index (χ4n) is 0. The SMILES string of the molecule is CC(C)(C)[Si](C)(C)[ClH+]. The summed E-state index contributed by atoms with van der Waals surface area (Å²) in [5.41, 5.74) is 0. The Labute approximate surface area is 58.0 Å². The lowest BCUT2D eigenvalue weighted by molar-refractivity contribution is -0.211. The lowest BCUT2D eigenvalue weighted by Gasteiger charge is -2.20. The molecule has 0 rings (SSSR count). The van der Waals surface area contributed by atoms with Crippen LogP contribution in [0.1, 0.15) is 20.8 Å². The molecule has 8 heavy (non-hydrogen) atoms. The van der Waals surface area contributed by atoms with E-state index in [9.17, 15) is 0 Å². The molecule has 0 fully saturated rings. The molecular weight excluding hydrogens is 136 g/mol. The second-order valence-corrected chi connectivity index (χ2v) is 11.3. The van der Waals surface area contributed by atoms with Crippen LogP contribution < -0.4 is 0 Å². The molecule has 0 N–H and O–H groups in total. The monoisotopic (exact) mass is 151 g/mol. The molecule has 0 unspecified atom stereocenters. The van der Waals surface area contributed by atoms with Gasteiger partial charge in [0.1, 0.15) is 0 Å². The van der Waals surface area contributed by atoms with Gasteiger partial charge in [-0.2, -0.15) is 0 Å². The molecule has 0 radical (unpaired) electrons. The highest BCUT2D eigenvalue weighted by Gasteiger charge is 2.43. The van der Waals surface area contributed by atoms with Crippen LogP contribution in [0.3, 0.4) is 0 Å². The normalized spacial score (nSPS) is 14.2. The minimum Gasteiger partial charge on any atom is -0.0576 e. The van der Waals surface area contributed by atoms with Crippen molar-refractivity contribution in [2.24, 2.45) is 0 Å². The molecular formula is C6H16ClSi+. The van der Waals surface area contributed by atoms with Crippen molar-refractivity contribution in [3.8, 4) is 0 Å². The second-order valence-electron chi connectivity index (χ2n) is 3.76. The number of rotatable bonds is 0. The van der Waals surface area contributed by atoms with E-state index in [0.29, 0.717) is 5.04 Å². The summed E-state index contributed by atoms with van der Waals surface area (Å²) < 4.78 is 0. The van der Waals surface area contributed by atoms with Crippen LogP contribution in [0.15, 0.2) is 0 Å². The number of halogens is 1. The molecule has 0 amide bonds. The maximum Gasteiger partial charge on any atom is 0.374 e. The highest BCUT2D eigenvalue weighted by molar-refractivity contribution is 6.71. The first kappa shape index (κ1) is 8.51. The van der Waals surface area contributed by atoms with Crippen molar-refractivity contribution in [1.29, 1.82) is 0 Å². The molecule has 0 aliphatic rings. The van der Waals surface area contributed by atoms with Gasteiger partial charge in [-0.25, -0.2) is 0 Å². The fourth-order valence-corrected chi connectivity index (χ4v) is 0. The van der Waals surface area contributed by atoms with Gasteiger partial charge in [-0.1, -0.05) is 20.8 Å². The fraction of sp³-hybridized carbons (Fsp3) is 1.00. The van der Waals surface area contributed by atoms with Crippen LogP contribution in [0, 0.1) is 11.1 Å². The van der Waals surface area contributed by atoms with Crippen molar-refractivity contribution >= 4 is 7.38 Å². The smallest absolute Gasteiger partial charge is 0.0576 e. The van der Waals surface area contributed by atoms with Gasteiger partial charge in [0.2, 0.25) is 0 Å². The van der Waals surface area contributed by atoms with E-state index in [2.05, 4.69) is 33.9 Å². The Morgan fingerprint density at radius 2 is 1.25 bits per heavy atom. The summed E-state index contributed by atoms with van der Waals surface area (Å²) in [5, 5.41) is 0.391. The first-order valence-electron chi connectivity index (χ1n) is 2.95. The van der Waals surface area contributed by atoms with Gasteiger partial charge in [-0.05, 0) is 13.1 Å². The molecule has 0 aliphatic carbocycles. The van der Waals surface area contributed by atoms with Crippen LogP contribution in [0.2, 0.25) is 18.1 Å². The van der Waals surface area contributed by atoms with Crippen molar-refractivity contribution in [1.82, 2.24) is 0 Å². The van der Waals surface area contributed by atoms with Gasteiger partial charge in [-0.3, -0.25) is 0 Å². The largest absolute Gasteiger partial charge is 0.374 e. The predicted octanol–water partition coefficient (Wildman–Crippen LogP) is 2.27. The van der Waals surface area contributed by atoms with Gasteiger partial charge >= 0.3 is 7.38 Å². The zero-order valence-corrected chi connectivity index (χ0v) is 8.22. The predicted molar refractivity (Wildman–Crippen MR) is 38.6 cm³/mol. The highest BCUT2D eigenvalue weighted by atomic mass is 35.6. The molecule has 0 spiro atoms. The summed E-state index contributed by atoms with van der Waals surface area (Å²) in [7, 11) is -1.28. The third kappa shape index (κ3) is 2.18. The zero-order valence-electron chi connectivity index (χ0n) is 6.41. The zero-order chi connectivity index (χ0) is 7.00. The minimum atomic E-state index is -1.28. The van der Waals surface area contributed by atoms with Crippen LogP contribution in [-0.2, 0) is 0 Å². The van der Waals surface area contributed by atoms with Gasteiger partial charge in [0.05, 0.1) is 0 Å². The molecule has 0 nitrogen and oxygen atoms in total. The standard InChI is InChI=1S/C6H16ClSi/c1-6(2,3)8(4,5)7/h7H,1-5H3/q+1. The Kier molecular flexibility index (Phi) is 2.16. The van der Waals surface area contributed by atoms with E-state index >= 15 is 0 Å². The van der Waals surface area contributed by atoms with E-state index in [0.717, 1.165) is 0 Å². The van der Waals surface area contributed by atoms with Crippen molar-refractivity contribution < 1.29 is 11.1 Å². The molecule has 0 atom stereocenters. The quantitative estimate of drug-likeness (QED) is 0.368. The minimum absolute atomic E-state index is 0.391. The summed E-state index contributed by atoms with van der Waals surface area (Å²) in [6, 6.07) is 0. The van der Waals surface area contributed by atoms with E-state index in [1.165, 1.54) is 0 Å². The van der Waals surface area contributed by atoms with Crippen molar-refractivity contribution in [3.63, 3.8) is 0 Å². The van der Waals surface area contributed by atoms with Gasteiger partial charge < -0.3 is 0 Å². The lowest BCUT2D eigenvalue weighted by Crippen LogP contribution is -2.34. The molecule has 0 saturated carbocycles. The number of hydrogen-bond donors (Lipinski definition) is 0. The van der Waals surface area contributed by atoms with Gasteiger partial charge in [0.15, 0.2) is 0 Å². The molecule has 0 heterocycles. The Morgan fingerprint density at radius 1 is 1.12 bits per heavy atom. The Bertz CT molecular complexity index is 63.5. The molecule has 50 valence electrons. The molecule has 0 bridgehead atoms. The Hall–Kier alpha value is 0.507. The summed E-state index contributed by atoms with van der Waals surface area (Å²) in [6.07, 6.45) is 0. The van der Waals surface area contributed by atoms with Gasteiger partial charge in [-0.15, -0.1) is 0 Å². The highest BCUT2D eigenvalue weighted by Crippen LogP contribution is 2.34. The van der Waals surface area contributed by atoms with Crippen LogP contribution in [0.4, 0.5) is 0 Å². The second kappa shape index (κ2) is 2.03. The van der Waals surface area contributed by atoms with E-state index in [1.54, 1.807) is 0 Å². The van der Waals surface area contributed by atoms with Gasteiger partial charge in [0, 0.05) is 16.1 Å². The molecule has 0 aromatic heterocycles. The Morgan fingerprint density at radius 3 is 1.25 bits per heavy atom. The summed E-state index contributed by atoms with van der Waals surface area (Å²) in [4.78, 5) is 0. The van der Waals surface area contributed by atoms with Crippen molar-refractivity contribution in [2.45, 2.75) is 38.9 Å². The third-order valence-electron chi connectivity index (χ3n) is 1.81. The summed E-state index contributed by atoms with van der Waals surface area (Å²) in [6.45, 7) is 11.1. The lowest BCUT2D eigenvalue weighted by atomic mass is 10.2. The maximum absolute atomic E-state index is 5.36. The van der Waals surface area contributed by atoms with E-state index in [1.807, 2.05) is 0 Å². The topological polar surface area (TPSA) is 0 Å². The van der Waals surface area contributed by atoms with Crippen molar-refractivity contribution in [3.05, 3.63) is 0 Å². The van der Waals surface area contributed by atoms with Crippen LogP contribution in [0.25, 0.3) is 0 Å². The summed E-state index contributed by atoms with van der Waals surface area (Å²) in [5.74, 6) is 0. The molecule has 2 heteroatoms. The first-order chi connectivity index (χ1) is 3.25. The first-order valence-corrected chi connectivity index (χ1v) is 7.09. The average Bonchev–Trinajstić information content (AvgIpc) is 1.25. The third-order valence-corrected chi connectivity index (χ3v) is 7.26. The molecule has 0 aromatic carbocycles. The van der Waals surface area contributed by atoms with E-state index in [-0.39, 0.29) is 0 Å². The van der Waals surface area contributed by atoms with Gasteiger partial charge in [0.25, 0.3) is 0 Å². The van der Waals surface area contributed by atoms with E-state index < -0.39 is 7.38 Å². The molecule has 0 aliphatic heterocycles. The number of hydrogen-bond acceptors (Lipinski definition) is 0.